The Morgan fingerprint density at radius 3 is 2.72 bits per heavy atom. The summed E-state index contributed by atoms with van der Waals surface area (Å²) in [6, 6.07) is 12.0. The number of nitrogens with one attached hydrogen (secondary N) is 1. The fourth-order valence-electron chi connectivity index (χ4n) is 2.35. The predicted molar refractivity (Wildman–Crippen MR) is 89.2 cm³/mol. The van der Waals surface area contributed by atoms with Gasteiger partial charge in [-0.15, -0.1) is 5.10 Å². The number of amides is 1. The van der Waals surface area contributed by atoms with Crippen molar-refractivity contribution in [3.8, 4) is 11.9 Å². The molecule has 0 fully saturated rings. The smallest absolute Gasteiger partial charge is 0.256 e. The van der Waals surface area contributed by atoms with E-state index in [0.717, 1.165) is 0 Å². The first kappa shape index (κ1) is 14.6. The summed E-state index contributed by atoms with van der Waals surface area (Å²) in [6.45, 7) is 0. The van der Waals surface area contributed by atoms with Gasteiger partial charge >= 0.3 is 0 Å². The summed E-state index contributed by atoms with van der Waals surface area (Å²) in [5, 5.41) is 16.0. The SMILES string of the molecule is N#Cc1ccc(C(=O)Nc2cn3nc(-n4ccnc4)ccc3n2)cc1. The molecule has 0 atom stereocenters. The van der Waals surface area contributed by atoms with Crippen LogP contribution in [0.15, 0.2) is 61.3 Å². The number of nitrogens with zero attached hydrogens (tertiary/aromatic N) is 6. The van der Waals surface area contributed by atoms with Crippen LogP contribution in [0.4, 0.5) is 5.82 Å². The van der Waals surface area contributed by atoms with Gasteiger partial charge in [0.1, 0.15) is 6.33 Å². The Labute approximate surface area is 142 Å². The van der Waals surface area contributed by atoms with Gasteiger partial charge in [0, 0.05) is 18.0 Å². The molecule has 1 amide bonds. The van der Waals surface area contributed by atoms with Gasteiger partial charge in [0.15, 0.2) is 17.3 Å². The standard InChI is InChI=1S/C17H11N7O/c18-9-12-1-3-13(4-2-12)17(25)21-14-10-24-15(20-14)5-6-16(22-24)23-8-7-19-11-23/h1-8,10-11H,(H,21,25). The highest BCUT2D eigenvalue weighted by atomic mass is 16.1. The summed E-state index contributed by atoms with van der Waals surface area (Å²) in [4.78, 5) is 20.6. The van der Waals surface area contributed by atoms with Crippen molar-refractivity contribution in [2.45, 2.75) is 0 Å². The zero-order chi connectivity index (χ0) is 17.2. The van der Waals surface area contributed by atoms with E-state index >= 15 is 0 Å². The second kappa shape index (κ2) is 5.90. The van der Waals surface area contributed by atoms with Crippen LogP contribution in [0.3, 0.4) is 0 Å². The molecular weight excluding hydrogens is 318 g/mol. The molecule has 0 aliphatic rings. The molecule has 1 aromatic carbocycles. The van der Waals surface area contributed by atoms with Crippen molar-refractivity contribution in [2.24, 2.45) is 0 Å². The highest BCUT2D eigenvalue weighted by Crippen LogP contribution is 2.13. The van der Waals surface area contributed by atoms with Crippen molar-refractivity contribution in [1.29, 1.82) is 5.26 Å². The lowest BCUT2D eigenvalue weighted by Crippen LogP contribution is -2.11. The van der Waals surface area contributed by atoms with Gasteiger partial charge in [0.25, 0.3) is 5.91 Å². The van der Waals surface area contributed by atoms with Crippen LogP contribution in [0.1, 0.15) is 15.9 Å². The quantitative estimate of drug-likeness (QED) is 0.620. The summed E-state index contributed by atoms with van der Waals surface area (Å²) in [6.07, 6.45) is 6.75. The summed E-state index contributed by atoms with van der Waals surface area (Å²) in [5.41, 5.74) is 1.56. The third-order valence-corrected chi connectivity index (χ3v) is 3.59. The van der Waals surface area contributed by atoms with Crippen molar-refractivity contribution in [2.75, 3.05) is 5.32 Å². The number of benzene rings is 1. The molecule has 0 radical (unpaired) electrons. The molecule has 1 N–H and O–H groups in total. The normalized spacial score (nSPS) is 10.5. The maximum Gasteiger partial charge on any atom is 0.256 e. The maximum atomic E-state index is 12.3. The van der Waals surface area contributed by atoms with E-state index in [1.54, 1.807) is 64.3 Å². The van der Waals surface area contributed by atoms with Crippen molar-refractivity contribution in [1.82, 2.24) is 24.1 Å². The van der Waals surface area contributed by atoms with Crippen LogP contribution >= 0.6 is 0 Å². The summed E-state index contributed by atoms with van der Waals surface area (Å²) >= 11 is 0. The molecule has 0 spiro atoms. The number of carbonyl (C=O) groups excluding carboxylic acids is 1. The Bertz CT molecular complexity index is 1090. The van der Waals surface area contributed by atoms with Gasteiger partial charge in [0.2, 0.25) is 0 Å². The summed E-state index contributed by atoms with van der Waals surface area (Å²) < 4.78 is 3.36. The van der Waals surface area contributed by atoms with Gasteiger partial charge in [-0.2, -0.15) is 5.26 Å². The van der Waals surface area contributed by atoms with Crippen LogP contribution in [0.2, 0.25) is 0 Å². The molecule has 0 bridgehead atoms. The Balaban J connectivity index is 1.59. The lowest BCUT2D eigenvalue weighted by Gasteiger charge is -2.01. The fourth-order valence-corrected chi connectivity index (χ4v) is 2.35. The number of anilines is 1. The number of fused-ring (bicyclic) bond motifs is 1. The lowest BCUT2D eigenvalue weighted by atomic mass is 10.1. The van der Waals surface area contributed by atoms with Crippen molar-refractivity contribution >= 4 is 17.4 Å². The molecule has 8 nitrogen and oxygen atoms in total. The molecule has 120 valence electrons. The minimum absolute atomic E-state index is 0.303. The molecule has 4 aromatic rings. The van der Waals surface area contributed by atoms with E-state index in [0.29, 0.717) is 28.4 Å². The van der Waals surface area contributed by atoms with Gasteiger partial charge < -0.3 is 5.32 Å². The molecule has 8 heteroatoms. The monoisotopic (exact) mass is 329 g/mol. The summed E-state index contributed by atoms with van der Waals surface area (Å²) in [5.74, 6) is 0.778. The van der Waals surface area contributed by atoms with E-state index in [1.165, 1.54) is 0 Å². The van der Waals surface area contributed by atoms with E-state index in [-0.39, 0.29) is 5.91 Å². The van der Waals surface area contributed by atoms with E-state index in [9.17, 15) is 4.79 Å². The first-order valence-electron chi connectivity index (χ1n) is 7.39. The number of carbonyl (C=O) groups is 1. The third-order valence-electron chi connectivity index (χ3n) is 3.59. The molecule has 4 rings (SSSR count). The number of rotatable bonds is 3. The molecule has 0 aliphatic carbocycles. The van der Waals surface area contributed by atoms with E-state index in [4.69, 9.17) is 5.26 Å². The van der Waals surface area contributed by atoms with Crippen LogP contribution in [0.25, 0.3) is 11.5 Å². The largest absolute Gasteiger partial charge is 0.305 e. The van der Waals surface area contributed by atoms with E-state index < -0.39 is 0 Å². The van der Waals surface area contributed by atoms with Crippen LogP contribution < -0.4 is 5.32 Å². The number of imidazole rings is 2. The maximum absolute atomic E-state index is 12.3. The molecule has 0 unspecified atom stereocenters. The molecular formula is C17H11N7O. The van der Waals surface area contributed by atoms with E-state index in [2.05, 4.69) is 20.4 Å². The van der Waals surface area contributed by atoms with Crippen molar-refractivity contribution in [3.05, 3.63) is 72.4 Å². The summed E-state index contributed by atoms with van der Waals surface area (Å²) in [7, 11) is 0. The fraction of sp³-hybridized carbons (Fsp3) is 0. The molecule has 0 saturated carbocycles. The highest BCUT2D eigenvalue weighted by molar-refractivity contribution is 6.03. The van der Waals surface area contributed by atoms with Crippen LogP contribution in [-0.2, 0) is 0 Å². The van der Waals surface area contributed by atoms with Gasteiger partial charge in [-0.25, -0.2) is 14.5 Å². The zero-order valence-electron chi connectivity index (χ0n) is 12.9. The van der Waals surface area contributed by atoms with Gasteiger partial charge in [-0.3, -0.25) is 9.36 Å². The molecule has 0 aliphatic heterocycles. The Hall–Kier alpha value is -3.99. The third kappa shape index (κ3) is 2.82. The molecule has 3 aromatic heterocycles. The minimum Gasteiger partial charge on any atom is -0.305 e. The number of hydrogen-bond acceptors (Lipinski definition) is 5. The topological polar surface area (TPSA) is 101 Å². The zero-order valence-corrected chi connectivity index (χ0v) is 12.9. The van der Waals surface area contributed by atoms with E-state index in [1.807, 2.05) is 12.1 Å². The Morgan fingerprint density at radius 2 is 2.00 bits per heavy atom. The van der Waals surface area contributed by atoms with Crippen LogP contribution in [0, 0.1) is 11.3 Å². The first-order chi connectivity index (χ1) is 12.2. The van der Waals surface area contributed by atoms with Crippen molar-refractivity contribution < 1.29 is 4.79 Å². The van der Waals surface area contributed by atoms with Crippen LogP contribution in [-0.4, -0.2) is 30.1 Å². The van der Waals surface area contributed by atoms with Gasteiger partial charge in [-0.1, -0.05) is 0 Å². The average Bonchev–Trinajstić information content (AvgIpc) is 3.30. The average molecular weight is 329 g/mol. The lowest BCUT2D eigenvalue weighted by molar-refractivity contribution is 0.102. The Kier molecular flexibility index (Phi) is 3.44. The molecule has 3 heterocycles. The predicted octanol–water partition coefficient (Wildman–Crippen LogP) is 2.04. The number of hydrogen-bond donors (Lipinski definition) is 1. The van der Waals surface area contributed by atoms with Crippen molar-refractivity contribution in [3.63, 3.8) is 0 Å². The first-order valence-corrected chi connectivity index (χ1v) is 7.39. The van der Waals surface area contributed by atoms with Crippen LogP contribution in [0.5, 0.6) is 0 Å². The Morgan fingerprint density at radius 1 is 1.16 bits per heavy atom. The molecule has 0 saturated heterocycles. The highest BCUT2D eigenvalue weighted by Gasteiger charge is 2.10. The second-order valence-electron chi connectivity index (χ2n) is 5.23. The molecule has 25 heavy (non-hydrogen) atoms. The second-order valence-corrected chi connectivity index (χ2v) is 5.23. The minimum atomic E-state index is -0.303. The number of nitriles is 1. The van der Waals surface area contributed by atoms with Gasteiger partial charge in [0.05, 0.1) is 17.8 Å². The number of aromatic nitrogens is 5. The van der Waals surface area contributed by atoms with Gasteiger partial charge in [-0.05, 0) is 36.4 Å².